The number of hydrogen-bond acceptors (Lipinski definition) is 6. The number of fused-ring (bicyclic) bond motifs is 2. The smallest absolute Gasteiger partial charge is 0.338 e. The summed E-state index contributed by atoms with van der Waals surface area (Å²) in [6, 6.07) is 21.3. The summed E-state index contributed by atoms with van der Waals surface area (Å²) in [5.41, 5.74) is 2.58. The van der Waals surface area contributed by atoms with Gasteiger partial charge in [0.05, 0.1) is 16.5 Å². The van der Waals surface area contributed by atoms with E-state index < -0.39 is 18.4 Å². The first-order valence-corrected chi connectivity index (χ1v) is 10.8. The Kier molecular flexibility index (Phi) is 5.51. The average Bonchev–Trinajstić information content (AvgIpc) is 3.19. The molecule has 0 amide bonds. The fourth-order valence-corrected chi connectivity index (χ4v) is 3.99. The molecule has 2 heterocycles. The molecule has 168 valence electrons. The van der Waals surface area contributed by atoms with Gasteiger partial charge in [0, 0.05) is 17.4 Å². The molecular weight excluding hydrogens is 432 g/mol. The summed E-state index contributed by atoms with van der Waals surface area (Å²) in [5.74, 6) is -0.445. The lowest BCUT2D eigenvalue weighted by Gasteiger charge is -2.09. The number of carbonyl (C=O) groups is 2. The number of Topliss-reactive ketones (excluding diaryl/α,β-unsaturated/α-hetero) is 1. The van der Waals surface area contributed by atoms with Crippen LogP contribution in [0.1, 0.15) is 37.9 Å². The summed E-state index contributed by atoms with van der Waals surface area (Å²) in [7, 11) is 0. The number of carbonyl (C=O) groups excluding carboxylic acids is 2. The van der Waals surface area contributed by atoms with Crippen LogP contribution in [0.4, 0.5) is 0 Å². The molecule has 2 aromatic heterocycles. The highest BCUT2D eigenvalue weighted by atomic mass is 16.5. The number of ether oxygens (including phenoxy) is 1. The molecule has 5 aromatic rings. The third kappa shape index (κ3) is 3.99. The number of rotatable bonds is 6. The summed E-state index contributed by atoms with van der Waals surface area (Å²) in [5, 5.41) is 1.35. The molecule has 1 N–H and O–H groups in total. The number of ketones is 1. The van der Waals surface area contributed by atoms with Gasteiger partial charge in [-0.2, -0.15) is 0 Å². The molecule has 0 unspecified atom stereocenters. The number of hydrogen-bond donors (Lipinski definition) is 1. The van der Waals surface area contributed by atoms with Gasteiger partial charge in [-0.1, -0.05) is 48.5 Å². The minimum atomic E-state index is -0.638. The summed E-state index contributed by atoms with van der Waals surface area (Å²) < 4.78 is 11.0. The second kappa shape index (κ2) is 8.78. The van der Waals surface area contributed by atoms with Gasteiger partial charge in [-0.3, -0.25) is 9.59 Å². The molecule has 3 aromatic carbocycles. The highest BCUT2D eigenvalue weighted by Crippen LogP contribution is 2.25. The molecule has 7 nitrogen and oxygen atoms in total. The Bertz CT molecular complexity index is 1610. The van der Waals surface area contributed by atoms with Crippen LogP contribution >= 0.6 is 0 Å². The van der Waals surface area contributed by atoms with Gasteiger partial charge in [-0.05, 0) is 36.8 Å². The number of aromatic nitrogens is 2. The third-order valence-electron chi connectivity index (χ3n) is 5.69. The summed E-state index contributed by atoms with van der Waals surface area (Å²) >= 11 is 0. The van der Waals surface area contributed by atoms with Crippen LogP contribution in [0.25, 0.3) is 21.9 Å². The monoisotopic (exact) mass is 452 g/mol. The van der Waals surface area contributed by atoms with Gasteiger partial charge >= 0.3 is 5.97 Å². The van der Waals surface area contributed by atoms with Crippen LogP contribution < -0.4 is 5.56 Å². The van der Waals surface area contributed by atoms with Gasteiger partial charge in [0.2, 0.25) is 5.78 Å². The second-order valence-corrected chi connectivity index (χ2v) is 7.92. The zero-order valence-electron chi connectivity index (χ0n) is 18.3. The first-order valence-electron chi connectivity index (χ1n) is 10.8. The van der Waals surface area contributed by atoms with Crippen molar-refractivity contribution in [1.82, 2.24) is 9.97 Å². The lowest BCUT2D eigenvalue weighted by molar-refractivity contribution is 0.0467. The van der Waals surface area contributed by atoms with E-state index in [4.69, 9.17) is 9.15 Å². The first kappa shape index (κ1) is 21.3. The van der Waals surface area contributed by atoms with Crippen molar-refractivity contribution in [2.45, 2.75) is 13.3 Å². The van der Waals surface area contributed by atoms with Crippen molar-refractivity contribution < 1.29 is 18.7 Å². The Morgan fingerprint density at radius 3 is 2.47 bits per heavy atom. The number of nitrogens with one attached hydrogen (secondary N) is 1. The average molecular weight is 452 g/mol. The minimum Gasteiger partial charge on any atom is -0.454 e. The first-order chi connectivity index (χ1) is 16.5. The summed E-state index contributed by atoms with van der Waals surface area (Å²) in [4.78, 5) is 45.2. The Balaban J connectivity index is 1.35. The van der Waals surface area contributed by atoms with Gasteiger partial charge in [-0.15, -0.1) is 0 Å². The molecule has 0 saturated heterocycles. The largest absolute Gasteiger partial charge is 0.454 e. The molecule has 0 fully saturated rings. The summed E-state index contributed by atoms with van der Waals surface area (Å²) in [6.07, 6.45) is 0.224. The van der Waals surface area contributed by atoms with E-state index in [9.17, 15) is 14.4 Å². The molecule has 0 saturated carbocycles. The zero-order chi connectivity index (χ0) is 23.7. The van der Waals surface area contributed by atoms with E-state index in [0.29, 0.717) is 39.0 Å². The number of nitrogens with zero attached hydrogens (tertiary/aromatic N) is 1. The van der Waals surface area contributed by atoms with Crippen LogP contribution in [-0.4, -0.2) is 28.3 Å². The molecule has 0 radical (unpaired) electrons. The molecular formula is C27H20N2O5. The van der Waals surface area contributed by atoms with Crippen molar-refractivity contribution >= 4 is 33.6 Å². The van der Waals surface area contributed by atoms with E-state index in [1.165, 1.54) is 0 Å². The number of furan rings is 1. The molecule has 34 heavy (non-hydrogen) atoms. The minimum absolute atomic E-state index is 0.181. The van der Waals surface area contributed by atoms with Crippen LogP contribution in [0.5, 0.6) is 0 Å². The van der Waals surface area contributed by atoms with Gasteiger partial charge in [-0.25, -0.2) is 9.78 Å². The van der Waals surface area contributed by atoms with Crippen molar-refractivity contribution in [3.63, 3.8) is 0 Å². The van der Waals surface area contributed by atoms with Gasteiger partial charge < -0.3 is 14.1 Å². The van der Waals surface area contributed by atoms with E-state index >= 15 is 0 Å². The molecule has 7 heteroatoms. The Morgan fingerprint density at radius 2 is 1.65 bits per heavy atom. The fourth-order valence-electron chi connectivity index (χ4n) is 3.99. The van der Waals surface area contributed by atoms with Crippen LogP contribution in [0.3, 0.4) is 0 Å². The molecule has 5 rings (SSSR count). The van der Waals surface area contributed by atoms with Crippen LogP contribution in [0, 0.1) is 6.92 Å². The van der Waals surface area contributed by atoms with Crippen molar-refractivity contribution in [2.24, 2.45) is 0 Å². The third-order valence-corrected chi connectivity index (χ3v) is 5.69. The van der Waals surface area contributed by atoms with Crippen LogP contribution in [-0.2, 0) is 11.2 Å². The maximum atomic E-state index is 12.8. The predicted octanol–water partition coefficient (Wildman–Crippen LogP) is 4.61. The van der Waals surface area contributed by atoms with Gasteiger partial charge in [0.1, 0.15) is 11.4 Å². The molecule has 0 atom stereocenters. The molecule has 0 aliphatic heterocycles. The normalized spacial score (nSPS) is 11.1. The maximum Gasteiger partial charge on any atom is 0.338 e. The Morgan fingerprint density at radius 1 is 0.941 bits per heavy atom. The molecule has 0 aliphatic carbocycles. The number of H-pyrrole nitrogens is 1. The van der Waals surface area contributed by atoms with E-state index in [2.05, 4.69) is 9.97 Å². The van der Waals surface area contributed by atoms with E-state index in [-0.39, 0.29) is 17.7 Å². The Hall–Kier alpha value is -4.52. The van der Waals surface area contributed by atoms with Crippen molar-refractivity contribution in [3.05, 3.63) is 111 Å². The van der Waals surface area contributed by atoms with E-state index in [1.807, 2.05) is 24.3 Å². The number of esters is 1. The van der Waals surface area contributed by atoms with Crippen LogP contribution in [0.15, 0.2) is 82.0 Å². The lowest BCUT2D eigenvalue weighted by atomic mass is 10.0. The number of aryl methyl sites for hydroxylation is 1. The van der Waals surface area contributed by atoms with E-state index in [0.717, 1.165) is 5.39 Å². The predicted molar refractivity (Wildman–Crippen MR) is 127 cm³/mol. The zero-order valence-corrected chi connectivity index (χ0v) is 18.3. The number of benzene rings is 3. The quantitative estimate of drug-likeness (QED) is 0.298. The van der Waals surface area contributed by atoms with Gasteiger partial charge in [0.25, 0.3) is 5.56 Å². The number of para-hydroxylation sites is 2. The van der Waals surface area contributed by atoms with Gasteiger partial charge in [0.15, 0.2) is 12.4 Å². The second-order valence-electron chi connectivity index (χ2n) is 7.92. The van der Waals surface area contributed by atoms with Crippen molar-refractivity contribution in [1.29, 1.82) is 0 Å². The molecule has 0 spiro atoms. The molecule has 0 bridgehead atoms. The fraction of sp³-hybridized carbons (Fsp3) is 0.111. The lowest BCUT2D eigenvalue weighted by Crippen LogP contribution is -2.17. The highest BCUT2D eigenvalue weighted by molar-refractivity contribution is 6.02. The van der Waals surface area contributed by atoms with Crippen molar-refractivity contribution in [2.75, 3.05) is 6.61 Å². The summed E-state index contributed by atoms with van der Waals surface area (Å²) in [6.45, 7) is 1.35. The standard InChI is InChI=1S/C27H20N2O5/c1-16-18-9-5-7-13-23(18)34-25(16)22(30)15-33-27(32)19-10-3-2-8-17(19)14-24-28-21-12-6-4-11-20(21)26(31)29-24/h2-13H,14-15H2,1H3,(H,28,29,31). The van der Waals surface area contributed by atoms with E-state index in [1.54, 1.807) is 55.5 Å². The number of aromatic amines is 1. The topological polar surface area (TPSA) is 102 Å². The van der Waals surface area contributed by atoms with Crippen molar-refractivity contribution in [3.8, 4) is 0 Å². The Labute approximate surface area is 194 Å². The molecule has 0 aliphatic rings. The SMILES string of the molecule is Cc1c(C(=O)COC(=O)c2ccccc2Cc2nc3ccccc3c(=O)[nH]2)oc2ccccc12. The van der Waals surface area contributed by atoms with Crippen LogP contribution in [0.2, 0.25) is 0 Å². The maximum absolute atomic E-state index is 12.8. The highest BCUT2D eigenvalue weighted by Gasteiger charge is 2.20.